The summed E-state index contributed by atoms with van der Waals surface area (Å²) >= 11 is 0. The highest BCUT2D eigenvalue weighted by Gasteiger charge is 2.13. The van der Waals surface area contributed by atoms with E-state index in [1.54, 1.807) is 0 Å². The van der Waals surface area contributed by atoms with E-state index in [0.717, 1.165) is 26.3 Å². The molecule has 2 N–H and O–H groups in total. The van der Waals surface area contributed by atoms with Crippen molar-refractivity contribution in [2.75, 3.05) is 39.4 Å². The minimum absolute atomic E-state index is 0.0946. The van der Waals surface area contributed by atoms with Crippen LogP contribution in [0.25, 0.3) is 0 Å². The van der Waals surface area contributed by atoms with Crippen LogP contribution in [-0.2, 0) is 4.74 Å². The molecule has 65 valence electrons. The molecule has 1 atom stereocenters. The van der Waals surface area contributed by atoms with Crippen molar-refractivity contribution in [1.29, 1.82) is 0 Å². The lowest BCUT2D eigenvalue weighted by atomic mass is 10.3. The molecule has 1 radical (unpaired) electrons. The number of aliphatic hydroxyl groups is 1. The van der Waals surface area contributed by atoms with Gasteiger partial charge in [0.05, 0.1) is 19.3 Å². The van der Waals surface area contributed by atoms with Gasteiger partial charge in [0, 0.05) is 26.2 Å². The molecule has 1 aliphatic heterocycles. The molecule has 4 nitrogen and oxygen atoms in total. The molecule has 1 heterocycles. The first kappa shape index (κ1) is 8.93. The van der Waals surface area contributed by atoms with Gasteiger partial charge in [0.15, 0.2) is 0 Å². The van der Waals surface area contributed by atoms with E-state index in [4.69, 9.17) is 15.6 Å². The molecule has 0 aromatic heterocycles. The topological polar surface area (TPSA) is 56.5 Å². The van der Waals surface area contributed by atoms with Gasteiger partial charge in [0.1, 0.15) is 0 Å². The van der Waals surface area contributed by atoms with E-state index < -0.39 is 6.10 Å². The summed E-state index contributed by atoms with van der Waals surface area (Å²) in [4.78, 5) is 2.13. The molecule has 0 bridgehead atoms. The maximum absolute atomic E-state index is 9.14. The summed E-state index contributed by atoms with van der Waals surface area (Å²) in [6.45, 7) is 3.99. The Kier molecular flexibility index (Phi) is 3.79. The first-order chi connectivity index (χ1) is 5.33. The van der Waals surface area contributed by atoms with Crippen LogP contribution in [-0.4, -0.2) is 55.5 Å². The second-order valence-corrected chi connectivity index (χ2v) is 2.77. The first-order valence-electron chi connectivity index (χ1n) is 3.95. The molecular formula is C7H15N2O2. The van der Waals surface area contributed by atoms with Crippen molar-refractivity contribution in [3.63, 3.8) is 0 Å². The molecule has 11 heavy (non-hydrogen) atoms. The van der Waals surface area contributed by atoms with E-state index in [1.807, 2.05) is 0 Å². The number of aliphatic hydroxyl groups excluding tert-OH is 1. The lowest BCUT2D eigenvalue weighted by Crippen LogP contribution is -2.41. The smallest absolute Gasteiger partial charge is 0.0805 e. The molecule has 1 unspecified atom stereocenters. The van der Waals surface area contributed by atoms with E-state index in [9.17, 15) is 0 Å². The second-order valence-electron chi connectivity index (χ2n) is 2.77. The normalized spacial score (nSPS) is 23.5. The number of hydrogen-bond acceptors (Lipinski definition) is 3. The van der Waals surface area contributed by atoms with Crippen LogP contribution in [0.4, 0.5) is 0 Å². The van der Waals surface area contributed by atoms with E-state index in [0.29, 0.717) is 6.54 Å². The molecule has 0 amide bonds. The zero-order valence-electron chi connectivity index (χ0n) is 6.62. The predicted molar refractivity (Wildman–Crippen MR) is 41.2 cm³/mol. The number of nitrogens with one attached hydrogen (secondary N) is 1. The SMILES string of the molecule is [NH]CC(O)CN1CCOCC1. The number of β-amino-alcohol motifs (C(OH)–C–C–N with tert-alkyl or cyclic N) is 1. The van der Waals surface area contributed by atoms with Crippen LogP contribution in [0.2, 0.25) is 0 Å². The number of ether oxygens (including phenoxy) is 1. The van der Waals surface area contributed by atoms with Gasteiger partial charge >= 0.3 is 0 Å². The fraction of sp³-hybridized carbons (Fsp3) is 1.00. The minimum atomic E-state index is -0.493. The van der Waals surface area contributed by atoms with Gasteiger partial charge in [-0.25, -0.2) is 0 Å². The standard InChI is InChI=1S/C7H15N2O2/c8-5-7(10)6-9-1-3-11-4-2-9/h7-8,10H,1-6H2. The average molecular weight is 159 g/mol. The van der Waals surface area contributed by atoms with Crippen molar-refractivity contribution in [2.45, 2.75) is 6.10 Å². The molecule has 4 heteroatoms. The fourth-order valence-electron chi connectivity index (χ4n) is 1.15. The molecule has 1 fully saturated rings. The Balaban J connectivity index is 2.13. The zero-order valence-corrected chi connectivity index (χ0v) is 6.62. The highest BCUT2D eigenvalue weighted by atomic mass is 16.5. The lowest BCUT2D eigenvalue weighted by Gasteiger charge is -2.27. The van der Waals surface area contributed by atoms with Crippen molar-refractivity contribution >= 4 is 0 Å². The summed E-state index contributed by atoms with van der Waals surface area (Å²) in [5.74, 6) is 0. The van der Waals surface area contributed by atoms with Crippen LogP contribution in [0.3, 0.4) is 0 Å². The molecular weight excluding hydrogens is 144 g/mol. The van der Waals surface area contributed by atoms with Crippen molar-refractivity contribution < 1.29 is 9.84 Å². The Labute approximate surface area is 66.9 Å². The summed E-state index contributed by atoms with van der Waals surface area (Å²) < 4.78 is 5.14. The molecule has 1 saturated heterocycles. The number of rotatable bonds is 3. The van der Waals surface area contributed by atoms with Crippen molar-refractivity contribution in [1.82, 2.24) is 10.6 Å². The van der Waals surface area contributed by atoms with Crippen molar-refractivity contribution in [2.24, 2.45) is 0 Å². The van der Waals surface area contributed by atoms with Crippen LogP contribution in [0.15, 0.2) is 0 Å². The van der Waals surface area contributed by atoms with Gasteiger partial charge in [0.25, 0.3) is 0 Å². The van der Waals surface area contributed by atoms with Gasteiger partial charge in [-0.15, -0.1) is 0 Å². The summed E-state index contributed by atoms with van der Waals surface area (Å²) in [6.07, 6.45) is -0.493. The summed E-state index contributed by atoms with van der Waals surface area (Å²) in [5, 5.41) is 9.14. The Morgan fingerprint density at radius 3 is 2.64 bits per heavy atom. The van der Waals surface area contributed by atoms with E-state index >= 15 is 0 Å². The summed E-state index contributed by atoms with van der Waals surface area (Å²) in [7, 11) is 0. The third-order valence-electron chi connectivity index (χ3n) is 1.81. The molecule has 0 aliphatic carbocycles. The minimum Gasteiger partial charge on any atom is -0.390 e. The molecule has 0 aromatic rings. The van der Waals surface area contributed by atoms with Crippen LogP contribution in [0, 0.1) is 0 Å². The highest BCUT2D eigenvalue weighted by Crippen LogP contribution is 1.97. The van der Waals surface area contributed by atoms with Gasteiger partial charge in [-0.1, -0.05) is 0 Å². The van der Waals surface area contributed by atoms with Crippen LogP contribution in [0.1, 0.15) is 0 Å². The highest BCUT2D eigenvalue weighted by molar-refractivity contribution is 4.66. The third kappa shape index (κ3) is 3.16. The van der Waals surface area contributed by atoms with Gasteiger partial charge in [-0.3, -0.25) is 10.6 Å². The maximum atomic E-state index is 9.14. The van der Waals surface area contributed by atoms with Gasteiger partial charge in [-0.2, -0.15) is 0 Å². The number of hydrogen-bond donors (Lipinski definition) is 1. The van der Waals surface area contributed by atoms with Crippen molar-refractivity contribution in [3.05, 3.63) is 0 Å². The second kappa shape index (κ2) is 4.66. The van der Waals surface area contributed by atoms with E-state index in [2.05, 4.69) is 4.90 Å². The third-order valence-corrected chi connectivity index (χ3v) is 1.81. The number of morpholine rings is 1. The maximum Gasteiger partial charge on any atom is 0.0805 e. The molecule has 0 saturated carbocycles. The Hall–Kier alpha value is -0.160. The average Bonchev–Trinajstić information content (AvgIpc) is 2.06. The molecule has 0 spiro atoms. The van der Waals surface area contributed by atoms with Crippen molar-refractivity contribution in [3.8, 4) is 0 Å². The van der Waals surface area contributed by atoms with Gasteiger partial charge in [0.2, 0.25) is 0 Å². The first-order valence-corrected chi connectivity index (χ1v) is 3.95. The fourth-order valence-corrected chi connectivity index (χ4v) is 1.15. The predicted octanol–water partition coefficient (Wildman–Crippen LogP) is -1.04. The largest absolute Gasteiger partial charge is 0.390 e. The van der Waals surface area contributed by atoms with Crippen LogP contribution >= 0.6 is 0 Å². The zero-order chi connectivity index (χ0) is 8.10. The molecule has 1 aliphatic rings. The summed E-state index contributed by atoms with van der Waals surface area (Å²) in [5.41, 5.74) is 6.92. The Morgan fingerprint density at radius 2 is 2.09 bits per heavy atom. The summed E-state index contributed by atoms with van der Waals surface area (Å²) in [6, 6.07) is 0. The van der Waals surface area contributed by atoms with E-state index in [-0.39, 0.29) is 6.54 Å². The monoisotopic (exact) mass is 159 g/mol. The van der Waals surface area contributed by atoms with Gasteiger partial charge in [-0.05, 0) is 0 Å². The van der Waals surface area contributed by atoms with Crippen LogP contribution in [0.5, 0.6) is 0 Å². The molecule has 0 aromatic carbocycles. The van der Waals surface area contributed by atoms with Gasteiger partial charge < -0.3 is 9.84 Å². The Morgan fingerprint density at radius 1 is 1.45 bits per heavy atom. The quantitative estimate of drug-likeness (QED) is 0.572. The van der Waals surface area contributed by atoms with E-state index in [1.165, 1.54) is 0 Å². The lowest BCUT2D eigenvalue weighted by molar-refractivity contribution is 0.0161. The van der Waals surface area contributed by atoms with Crippen LogP contribution < -0.4 is 5.73 Å². The molecule has 1 rings (SSSR count). The number of nitrogens with zero attached hydrogens (tertiary/aromatic N) is 1. The Bertz CT molecular complexity index is 105.